The van der Waals surface area contributed by atoms with Crippen LogP contribution in [0.15, 0.2) is 67.0 Å². The van der Waals surface area contributed by atoms with Gasteiger partial charge in [0.25, 0.3) is 0 Å². The molecule has 2 aromatic carbocycles. The molecule has 0 atom stereocenters. The van der Waals surface area contributed by atoms with Crippen LogP contribution in [0.25, 0.3) is 6.08 Å². The molecule has 0 saturated carbocycles. The number of rotatable bonds is 7. The highest BCUT2D eigenvalue weighted by atomic mass is 19.1. The number of aromatic nitrogens is 2. The maximum Gasteiger partial charge on any atom is 0.189 e. The summed E-state index contributed by atoms with van der Waals surface area (Å²) in [6.07, 6.45) is 6.56. The molecule has 0 aliphatic rings. The lowest BCUT2D eigenvalue weighted by Gasteiger charge is -2.07. The fourth-order valence-electron chi connectivity index (χ4n) is 2.38. The van der Waals surface area contributed by atoms with Crippen LogP contribution in [-0.2, 0) is 13.2 Å². The van der Waals surface area contributed by atoms with Gasteiger partial charge in [0.1, 0.15) is 18.2 Å². The maximum atomic E-state index is 13.6. The second kappa shape index (κ2) is 8.25. The Balaban J connectivity index is 1.58. The number of ether oxygens (including phenoxy) is 1. The van der Waals surface area contributed by atoms with Crippen LogP contribution in [0.4, 0.5) is 4.39 Å². The zero-order valence-electron chi connectivity index (χ0n) is 14.4. The molecular weight excluding hydrogens is 331 g/mol. The molecular formula is C21H19FN2O2. The third-order valence-corrected chi connectivity index (χ3v) is 3.90. The van der Waals surface area contributed by atoms with Crippen LogP contribution in [0.3, 0.4) is 0 Å². The Bertz CT molecular complexity index is 914. The van der Waals surface area contributed by atoms with Crippen molar-refractivity contribution in [3.8, 4) is 5.75 Å². The molecule has 0 aliphatic heterocycles. The van der Waals surface area contributed by atoms with Crippen molar-refractivity contribution < 1.29 is 13.9 Å². The zero-order chi connectivity index (χ0) is 18.4. The molecule has 0 radical (unpaired) electrons. The van der Waals surface area contributed by atoms with Crippen LogP contribution < -0.4 is 4.74 Å². The Kier molecular flexibility index (Phi) is 5.59. The molecule has 4 nitrogen and oxygen atoms in total. The lowest BCUT2D eigenvalue weighted by atomic mass is 10.1. The minimum atomic E-state index is -0.281. The first kappa shape index (κ1) is 17.6. The zero-order valence-corrected chi connectivity index (χ0v) is 14.4. The van der Waals surface area contributed by atoms with Crippen molar-refractivity contribution in [2.75, 3.05) is 0 Å². The number of benzene rings is 2. The molecule has 26 heavy (non-hydrogen) atoms. The first-order valence-corrected chi connectivity index (χ1v) is 8.37. The molecule has 5 heteroatoms. The third kappa shape index (κ3) is 4.45. The monoisotopic (exact) mass is 350 g/mol. The number of nitrogens with zero attached hydrogens (tertiary/aromatic N) is 2. The summed E-state index contributed by atoms with van der Waals surface area (Å²) in [5, 5.41) is 4.09. The van der Waals surface area contributed by atoms with Crippen molar-refractivity contribution >= 4 is 11.9 Å². The Morgan fingerprint density at radius 3 is 2.65 bits per heavy atom. The fraction of sp³-hybridized carbons (Fsp3) is 0.143. The SMILES string of the molecule is CCn1cc(C(=O)/C=C/c2ccc(OCc3ccccc3F)cc2)cn1. The van der Waals surface area contributed by atoms with Crippen LogP contribution >= 0.6 is 0 Å². The Morgan fingerprint density at radius 1 is 1.19 bits per heavy atom. The number of ketones is 1. The standard InChI is InChI=1S/C21H19FN2O2/c1-2-24-14-18(13-23-24)21(25)12-9-16-7-10-19(11-8-16)26-15-17-5-3-4-6-20(17)22/h3-14H,2,15H2,1H3/b12-9+. The van der Waals surface area contributed by atoms with E-state index in [0.717, 1.165) is 12.1 Å². The molecule has 0 bridgehead atoms. The quantitative estimate of drug-likeness (QED) is 0.465. The normalized spacial score (nSPS) is 11.0. The van der Waals surface area contributed by atoms with Gasteiger partial charge in [-0.3, -0.25) is 9.48 Å². The van der Waals surface area contributed by atoms with Gasteiger partial charge in [0, 0.05) is 18.3 Å². The van der Waals surface area contributed by atoms with Crippen LogP contribution in [0.1, 0.15) is 28.4 Å². The van der Waals surface area contributed by atoms with E-state index in [9.17, 15) is 9.18 Å². The smallest absolute Gasteiger partial charge is 0.189 e. The van der Waals surface area contributed by atoms with Crippen LogP contribution in [0.5, 0.6) is 5.75 Å². The first-order chi connectivity index (χ1) is 12.7. The van der Waals surface area contributed by atoms with Gasteiger partial charge in [0.15, 0.2) is 5.78 Å². The summed E-state index contributed by atoms with van der Waals surface area (Å²) in [4.78, 5) is 12.1. The minimum Gasteiger partial charge on any atom is -0.489 e. The van der Waals surface area contributed by atoms with Gasteiger partial charge in [-0.2, -0.15) is 5.10 Å². The van der Waals surface area contributed by atoms with Crippen molar-refractivity contribution in [1.29, 1.82) is 0 Å². The van der Waals surface area contributed by atoms with Gasteiger partial charge >= 0.3 is 0 Å². The summed E-state index contributed by atoms with van der Waals surface area (Å²) in [6.45, 7) is 2.86. The van der Waals surface area contributed by atoms with Crippen molar-refractivity contribution in [2.24, 2.45) is 0 Å². The fourth-order valence-corrected chi connectivity index (χ4v) is 2.38. The summed E-state index contributed by atoms with van der Waals surface area (Å²) in [5.74, 6) is 0.266. The molecule has 0 aliphatic carbocycles. The predicted octanol–water partition coefficient (Wildman–Crippen LogP) is 4.52. The molecule has 132 valence electrons. The van der Waals surface area contributed by atoms with E-state index in [1.54, 1.807) is 53.5 Å². The van der Waals surface area contributed by atoms with E-state index in [4.69, 9.17) is 4.74 Å². The van der Waals surface area contributed by atoms with E-state index in [0.29, 0.717) is 16.9 Å². The Labute approximate surface area is 151 Å². The topological polar surface area (TPSA) is 44.1 Å². The van der Waals surface area contributed by atoms with Gasteiger partial charge in [-0.15, -0.1) is 0 Å². The van der Waals surface area contributed by atoms with Crippen LogP contribution in [-0.4, -0.2) is 15.6 Å². The third-order valence-electron chi connectivity index (χ3n) is 3.90. The van der Waals surface area contributed by atoms with Crippen molar-refractivity contribution in [1.82, 2.24) is 9.78 Å². The molecule has 0 unspecified atom stereocenters. The number of carbonyl (C=O) groups excluding carboxylic acids is 1. The molecule has 1 aromatic heterocycles. The van der Waals surface area contributed by atoms with Gasteiger partial charge < -0.3 is 4.74 Å². The van der Waals surface area contributed by atoms with Crippen molar-refractivity contribution in [3.05, 3.63) is 89.5 Å². The molecule has 0 amide bonds. The summed E-state index contributed by atoms with van der Waals surface area (Å²) < 4.78 is 20.9. The van der Waals surface area contributed by atoms with Crippen LogP contribution in [0, 0.1) is 5.82 Å². The van der Waals surface area contributed by atoms with Gasteiger partial charge in [0.2, 0.25) is 0 Å². The maximum absolute atomic E-state index is 13.6. The van der Waals surface area contributed by atoms with E-state index in [-0.39, 0.29) is 18.2 Å². The summed E-state index contributed by atoms with van der Waals surface area (Å²) >= 11 is 0. The van der Waals surface area contributed by atoms with E-state index < -0.39 is 0 Å². The number of carbonyl (C=O) groups is 1. The van der Waals surface area contributed by atoms with E-state index >= 15 is 0 Å². The number of hydrogen-bond donors (Lipinski definition) is 0. The summed E-state index contributed by atoms with van der Waals surface area (Å²) in [6, 6.07) is 13.8. The second-order valence-electron chi connectivity index (χ2n) is 5.73. The lowest BCUT2D eigenvalue weighted by Crippen LogP contribution is -1.98. The van der Waals surface area contributed by atoms with E-state index in [1.807, 2.05) is 19.1 Å². The van der Waals surface area contributed by atoms with E-state index in [2.05, 4.69) is 5.10 Å². The Morgan fingerprint density at radius 2 is 1.96 bits per heavy atom. The molecule has 0 fully saturated rings. The summed E-state index contributed by atoms with van der Waals surface area (Å²) in [5.41, 5.74) is 1.95. The van der Waals surface area contributed by atoms with Crippen LogP contribution in [0.2, 0.25) is 0 Å². The van der Waals surface area contributed by atoms with Gasteiger partial charge in [-0.05, 0) is 36.8 Å². The van der Waals surface area contributed by atoms with Crippen molar-refractivity contribution in [3.63, 3.8) is 0 Å². The van der Waals surface area contributed by atoms with Gasteiger partial charge in [-0.1, -0.05) is 36.4 Å². The summed E-state index contributed by atoms with van der Waals surface area (Å²) in [7, 11) is 0. The Hall–Kier alpha value is -3.21. The van der Waals surface area contributed by atoms with E-state index in [1.165, 1.54) is 12.1 Å². The molecule has 1 heterocycles. The second-order valence-corrected chi connectivity index (χ2v) is 5.73. The predicted molar refractivity (Wildman–Crippen MR) is 98.4 cm³/mol. The highest BCUT2D eigenvalue weighted by molar-refractivity contribution is 6.06. The number of halogens is 1. The highest BCUT2D eigenvalue weighted by Crippen LogP contribution is 2.16. The molecule has 3 aromatic rings. The van der Waals surface area contributed by atoms with Crippen molar-refractivity contribution in [2.45, 2.75) is 20.1 Å². The molecule has 0 saturated heterocycles. The lowest BCUT2D eigenvalue weighted by molar-refractivity contribution is 0.104. The molecule has 0 N–H and O–H groups in total. The number of allylic oxidation sites excluding steroid dienone is 1. The molecule has 3 rings (SSSR count). The average molecular weight is 350 g/mol. The molecule has 0 spiro atoms. The average Bonchev–Trinajstić information content (AvgIpc) is 3.16. The highest BCUT2D eigenvalue weighted by Gasteiger charge is 2.05. The first-order valence-electron chi connectivity index (χ1n) is 8.37. The van der Waals surface area contributed by atoms with Gasteiger partial charge in [-0.25, -0.2) is 4.39 Å². The minimum absolute atomic E-state index is 0.0930. The van der Waals surface area contributed by atoms with Gasteiger partial charge in [0.05, 0.1) is 11.8 Å². The number of aryl methyl sites for hydroxylation is 1. The largest absolute Gasteiger partial charge is 0.489 e. The number of hydrogen-bond acceptors (Lipinski definition) is 3.